The van der Waals surface area contributed by atoms with Crippen molar-refractivity contribution in [2.24, 2.45) is 0 Å². The maximum atomic E-state index is 13.5. The highest BCUT2D eigenvalue weighted by Gasteiger charge is 2.10. The molecule has 112 valence electrons. The first kappa shape index (κ1) is 14.5. The van der Waals surface area contributed by atoms with Gasteiger partial charge in [0.25, 0.3) is 0 Å². The highest BCUT2D eigenvalue weighted by molar-refractivity contribution is 7.14. The Labute approximate surface area is 127 Å². The van der Waals surface area contributed by atoms with Gasteiger partial charge in [-0.15, -0.1) is 11.3 Å². The predicted octanol–water partition coefficient (Wildman–Crippen LogP) is 5.11. The summed E-state index contributed by atoms with van der Waals surface area (Å²) in [5.41, 5.74) is 0.907. The largest absolute Gasteiger partial charge is 0.329 e. The second-order valence-corrected chi connectivity index (χ2v) is 5.27. The topological polar surface area (TPSA) is 24.9 Å². The van der Waals surface area contributed by atoms with Crippen molar-refractivity contribution < 1.29 is 17.6 Å². The molecule has 2 nitrogen and oxygen atoms in total. The number of aromatic nitrogens is 1. The van der Waals surface area contributed by atoms with E-state index >= 15 is 0 Å². The van der Waals surface area contributed by atoms with E-state index in [9.17, 15) is 17.6 Å². The molecular weight excluding hydrogens is 316 g/mol. The molecule has 1 N–H and O–H groups in total. The maximum absolute atomic E-state index is 13.5. The lowest BCUT2D eigenvalue weighted by Crippen LogP contribution is -1.94. The Bertz CT molecular complexity index is 832. The Hall–Kier alpha value is -2.41. The molecule has 0 amide bonds. The van der Waals surface area contributed by atoms with Crippen LogP contribution in [0, 0.1) is 23.3 Å². The van der Waals surface area contributed by atoms with Crippen molar-refractivity contribution in [3.8, 4) is 11.3 Å². The van der Waals surface area contributed by atoms with E-state index < -0.39 is 23.3 Å². The molecule has 0 unspecified atom stereocenters. The molecule has 0 aliphatic carbocycles. The summed E-state index contributed by atoms with van der Waals surface area (Å²) in [5, 5.41) is 4.69. The molecule has 22 heavy (non-hydrogen) atoms. The molecule has 0 saturated heterocycles. The lowest BCUT2D eigenvalue weighted by Gasteiger charge is -2.03. The lowest BCUT2D eigenvalue weighted by atomic mass is 10.2. The number of nitrogens with one attached hydrogen (secondary N) is 1. The molecule has 2 aromatic carbocycles. The van der Waals surface area contributed by atoms with Crippen LogP contribution < -0.4 is 5.32 Å². The van der Waals surface area contributed by atoms with Crippen molar-refractivity contribution in [3.05, 3.63) is 65.0 Å². The number of halogens is 4. The fraction of sp³-hybridized carbons (Fsp3) is 0. The summed E-state index contributed by atoms with van der Waals surface area (Å²) in [5.74, 6) is -3.33. The first-order valence-corrected chi connectivity index (χ1v) is 7.04. The van der Waals surface area contributed by atoms with Gasteiger partial charge in [-0.1, -0.05) is 0 Å². The third-order valence-electron chi connectivity index (χ3n) is 2.89. The fourth-order valence-electron chi connectivity index (χ4n) is 1.83. The molecule has 3 rings (SSSR count). The van der Waals surface area contributed by atoms with Crippen molar-refractivity contribution in [1.29, 1.82) is 0 Å². The van der Waals surface area contributed by atoms with Crippen LogP contribution in [0.3, 0.4) is 0 Å². The van der Waals surface area contributed by atoms with Crippen LogP contribution in [0.4, 0.5) is 28.4 Å². The zero-order valence-corrected chi connectivity index (χ0v) is 11.7. The Morgan fingerprint density at radius 3 is 2.41 bits per heavy atom. The minimum absolute atomic E-state index is 0.0765. The number of hydrogen-bond acceptors (Lipinski definition) is 3. The SMILES string of the molecule is Fc1ccc(Nc2nc(-c3ccc(F)c(F)c3)cs2)c(F)c1. The van der Waals surface area contributed by atoms with Gasteiger partial charge in [0.1, 0.15) is 11.6 Å². The van der Waals surface area contributed by atoms with E-state index in [-0.39, 0.29) is 5.69 Å². The number of nitrogens with zero attached hydrogens (tertiary/aromatic N) is 1. The van der Waals surface area contributed by atoms with Gasteiger partial charge in [0, 0.05) is 17.0 Å². The van der Waals surface area contributed by atoms with Crippen LogP contribution in [0.1, 0.15) is 0 Å². The summed E-state index contributed by atoms with van der Waals surface area (Å²) in [7, 11) is 0. The van der Waals surface area contributed by atoms with Crippen LogP contribution >= 0.6 is 11.3 Å². The third-order valence-corrected chi connectivity index (χ3v) is 3.65. The van der Waals surface area contributed by atoms with E-state index in [1.54, 1.807) is 5.38 Å². The molecule has 0 atom stereocenters. The van der Waals surface area contributed by atoms with Crippen molar-refractivity contribution in [3.63, 3.8) is 0 Å². The summed E-state index contributed by atoms with van der Waals surface area (Å²) in [4.78, 5) is 4.17. The Morgan fingerprint density at radius 1 is 0.864 bits per heavy atom. The number of thiazole rings is 1. The van der Waals surface area contributed by atoms with Gasteiger partial charge in [-0.25, -0.2) is 22.5 Å². The second kappa shape index (κ2) is 5.76. The molecule has 0 aliphatic rings. The quantitative estimate of drug-likeness (QED) is 0.677. The predicted molar refractivity (Wildman–Crippen MR) is 77.1 cm³/mol. The van der Waals surface area contributed by atoms with Crippen LogP contribution in [-0.2, 0) is 0 Å². The summed E-state index contributed by atoms with van der Waals surface area (Å²) in [6, 6.07) is 6.57. The van der Waals surface area contributed by atoms with Gasteiger partial charge < -0.3 is 5.32 Å². The van der Waals surface area contributed by atoms with Crippen molar-refractivity contribution >= 4 is 22.2 Å². The van der Waals surface area contributed by atoms with Crippen molar-refractivity contribution in [2.75, 3.05) is 5.32 Å². The smallest absolute Gasteiger partial charge is 0.187 e. The van der Waals surface area contributed by atoms with Gasteiger partial charge in [-0.05, 0) is 30.3 Å². The van der Waals surface area contributed by atoms with E-state index in [2.05, 4.69) is 10.3 Å². The molecule has 7 heteroatoms. The van der Waals surface area contributed by atoms with Gasteiger partial charge in [-0.2, -0.15) is 0 Å². The first-order valence-electron chi connectivity index (χ1n) is 6.16. The van der Waals surface area contributed by atoms with Gasteiger partial charge in [0.15, 0.2) is 16.8 Å². The second-order valence-electron chi connectivity index (χ2n) is 4.42. The average Bonchev–Trinajstić information content (AvgIpc) is 2.93. The number of rotatable bonds is 3. The van der Waals surface area contributed by atoms with Gasteiger partial charge >= 0.3 is 0 Å². The van der Waals surface area contributed by atoms with Gasteiger partial charge in [0.2, 0.25) is 0 Å². The van der Waals surface area contributed by atoms with Crippen LogP contribution in [0.2, 0.25) is 0 Å². The Balaban J connectivity index is 1.85. The van der Waals surface area contributed by atoms with Crippen LogP contribution in [0.5, 0.6) is 0 Å². The standard InChI is InChI=1S/C15H8F4N2S/c16-9-2-4-13(12(19)6-9)20-15-21-14(7-22-15)8-1-3-10(17)11(18)5-8/h1-7H,(H,20,21). The normalized spacial score (nSPS) is 10.7. The summed E-state index contributed by atoms with van der Waals surface area (Å²) in [6.07, 6.45) is 0. The molecule has 0 fully saturated rings. The van der Waals surface area contributed by atoms with Crippen molar-refractivity contribution in [1.82, 2.24) is 4.98 Å². The number of anilines is 2. The molecule has 0 saturated carbocycles. The van der Waals surface area contributed by atoms with E-state index in [4.69, 9.17) is 0 Å². The molecule has 0 radical (unpaired) electrons. The van der Waals surface area contributed by atoms with Crippen LogP contribution in [0.15, 0.2) is 41.8 Å². The molecule has 0 spiro atoms. The number of benzene rings is 2. The highest BCUT2D eigenvalue weighted by atomic mass is 32.1. The fourth-order valence-corrected chi connectivity index (χ4v) is 2.56. The van der Waals surface area contributed by atoms with E-state index in [0.717, 1.165) is 35.6 Å². The van der Waals surface area contributed by atoms with E-state index in [1.807, 2.05) is 0 Å². The van der Waals surface area contributed by atoms with Crippen molar-refractivity contribution in [2.45, 2.75) is 0 Å². The average molecular weight is 324 g/mol. The molecule has 1 aromatic heterocycles. The molecule has 3 aromatic rings. The van der Waals surface area contributed by atoms with Gasteiger partial charge in [-0.3, -0.25) is 0 Å². The monoisotopic (exact) mass is 324 g/mol. The summed E-state index contributed by atoms with van der Waals surface area (Å²) < 4.78 is 52.5. The zero-order chi connectivity index (χ0) is 15.7. The maximum Gasteiger partial charge on any atom is 0.187 e. The molecular formula is C15H8F4N2S. The highest BCUT2D eigenvalue weighted by Crippen LogP contribution is 2.29. The Morgan fingerprint density at radius 2 is 1.68 bits per heavy atom. The minimum atomic E-state index is -0.968. The minimum Gasteiger partial charge on any atom is -0.329 e. The Kier molecular flexibility index (Phi) is 3.81. The van der Waals surface area contributed by atoms with Crippen LogP contribution in [-0.4, -0.2) is 4.98 Å². The van der Waals surface area contributed by atoms with E-state index in [1.165, 1.54) is 12.1 Å². The lowest BCUT2D eigenvalue weighted by molar-refractivity contribution is 0.509. The zero-order valence-electron chi connectivity index (χ0n) is 10.9. The summed E-state index contributed by atoms with van der Waals surface area (Å²) in [6.45, 7) is 0. The third kappa shape index (κ3) is 2.94. The van der Waals surface area contributed by atoms with Gasteiger partial charge in [0.05, 0.1) is 11.4 Å². The van der Waals surface area contributed by atoms with E-state index in [0.29, 0.717) is 16.4 Å². The molecule has 1 heterocycles. The summed E-state index contributed by atoms with van der Waals surface area (Å²) >= 11 is 1.16. The molecule has 0 bridgehead atoms. The first-order chi connectivity index (χ1) is 10.5. The number of hydrogen-bond donors (Lipinski definition) is 1. The molecule has 0 aliphatic heterocycles. The van der Waals surface area contributed by atoms with Crippen LogP contribution in [0.25, 0.3) is 11.3 Å².